The van der Waals surface area contributed by atoms with Gasteiger partial charge in [0.15, 0.2) is 5.65 Å². The van der Waals surface area contributed by atoms with Crippen LogP contribution in [0.2, 0.25) is 0 Å². The van der Waals surface area contributed by atoms with Gasteiger partial charge in [-0.1, -0.05) is 12.1 Å². The number of sulfonamides is 1. The molecule has 1 aromatic carbocycles. The van der Waals surface area contributed by atoms with Crippen LogP contribution in [0, 0.1) is 6.92 Å². The van der Waals surface area contributed by atoms with Crippen LogP contribution in [0.3, 0.4) is 0 Å². The zero-order valence-corrected chi connectivity index (χ0v) is 13.5. The Bertz CT molecular complexity index is 1030. The van der Waals surface area contributed by atoms with Gasteiger partial charge in [-0.15, -0.1) is 13.2 Å². The Morgan fingerprint density at radius 1 is 1.20 bits per heavy atom. The van der Waals surface area contributed by atoms with Crippen molar-refractivity contribution in [2.75, 3.05) is 4.72 Å². The zero-order chi connectivity index (χ0) is 18.2. The number of nitrogens with one attached hydrogen (secondary N) is 1. The highest BCUT2D eigenvalue weighted by Crippen LogP contribution is 2.30. The third-order valence-electron chi connectivity index (χ3n) is 3.08. The standard InChI is InChI=1S/C14H11F3N4O3S/c1-9-8-13-18-7-6-12(21(13)19-9)20-25(22,23)11-5-3-2-4-10(11)24-14(15,16)17/h2-8,20H,1H3. The lowest BCUT2D eigenvalue weighted by Gasteiger charge is -2.14. The van der Waals surface area contributed by atoms with Crippen molar-refractivity contribution in [3.8, 4) is 5.75 Å². The van der Waals surface area contributed by atoms with E-state index in [1.807, 2.05) is 0 Å². The third-order valence-corrected chi connectivity index (χ3v) is 4.48. The van der Waals surface area contributed by atoms with E-state index < -0.39 is 27.0 Å². The summed E-state index contributed by atoms with van der Waals surface area (Å²) in [5.74, 6) is -0.802. The first-order chi connectivity index (χ1) is 11.7. The van der Waals surface area contributed by atoms with Gasteiger partial charge in [0, 0.05) is 12.3 Å². The van der Waals surface area contributed by atoms with E-state index in [9.17, 15) is 21.6 Å². The summed E-state index contributed by atoms with van der Waals surface area (Å²) in [6, 6.07) is 7.42. The molecule has 0 saturated heterocycles. The molecular formula is C14H11F3N4O3S. The fourth-order valence-electron chi connectivity index (χ4n) is 2.16. The van der Waals surface area contributed by atoms with Crippen LogP contribution >= 0.6 is 0 Å². The normalized spacial score (nSPS) is 12.3. The van der Waals surface area contributed by atoms with Gasteiger partial charge < -0.3 is 4.74 Å². The molecule has 0 aliphatic heterocycles. The zero-order valence-electron chi connectivity index (χ0n) is 12.6. The van der Waals surface area contributed by atoms with Gasteiger partial charge in [-0.05, 0) is 25.1 Å². The summed E-state index contributed by atoms with van der Waals surface area (Å²) in [5, 5.41) is 4.09. The Morgan fingerprint density at radius 3 is 2.64 bits per heavy atom. The van der Waals surface area contributed by atoms with Crippen LogP contribution in [0.1, 0.15) is 5.69 Å². The highest BCUT2D eigenvalue weighted by Gasteiger charge is 2.34. The predicted octanol–water partition coefficient (Wildman–Crippen LogP) is 2.74. The summed E-state index contributed by atoms with van der Waals surface area (Å²) in [6.45, 7) is 1.69. The Balaban J connectivity index is 2.03. The van der Waals surface area contributed by atoms with Crippen molar-refractivity contribution < 1.29 is 26.3 Å². The lowest BCUT2D eigenvalue weighted by atomic mass is 10.3. The van der Waals surface area contributed by atoms with Gasteiger partial charge in [0.25, 0.3) is 10.0 Å². The van der Waals surface area contributed by atoms with E-state index in [-0.39, 0.29) is 5.82 Å². The minimum absolute atomic E-state index is 0.0277. The van der Waals surface area contributed by atoms with E-state index >= 15 is 0 Å². The maximum Gasteiger partial charge on any atom is 0.573 e. The molecule has 11 heteroatoms. The molecule has 2 heterocycles. The van der Waals surface area contributed by atoms with E-state index in [4.69, 9.17) is 0 Å². The molecule has 0 radical (unpaired) electrons. The summed E-state index contributed by atoms with van der Waals surface area (Å²) in [6.07, 6.45) is -3.67. The minimum atomic E-state index is -5.02. The van der Waals surface area contributed by atoms with Crippen LogP contribution in [-0.4, -0.2) is 29.4 Å². The van der Waals surface area contributed by atoms with Gasteiger partial charge in [-0.3, -0.25) is 4.72 Å². The third kappa shape index (κ3) is 3.65. The molecule has 3 rings (SSSR count). The van der Waals surface area contributed by atoms with E-state index in [1.165, 1.54) is 28.9 Å². The highest BCUT2D eigenvalue weighted by molar-refractivity contribution is 7.92. The van der Waals surface area contributed by atoms with Crippen LogP contribution in [0.5, 0.6) is 5.75 Å². The summed E-state index contributed by atoms with van der Waals surface area (Å²) in [7, 11) is -4.36. The van der Waals surface area contributed by atoms with E-state index in [0.29, 0.717) is 11.3 Å². The van der Waals surface area contributed by atoms with Crippen molar-refractivity contribution >= 4 is 21.5 Å². The summed E-state index contributed by atoms with van der Waals surface area (Å²) >= 11 is 0. The topological polar surface area (TPSA) is 85.6 Å². The molecule has 132 valence electrons. The second-order valence-electron chi connectivity index (χ2n) is 4.99. The summed E-state index contributed by atoms with van der Waals surface area (Å²) in [4.78, 5) is 3.37. The van der Waals surface area contributed by atoms with Crippen LogP contribution in [0.25, 0.3) is 5.65 Å². The Hall–Kier alpha value is -2.82. The van der Waals surface area contributed by atoms with E-state index in [2.05, 4.69) is 19.5 Å². The second kappa shape index (κ2) is 5.92. The number of nitrogens with zero attached hydrogens (tertiary/aromatic N) is 3. The van der Waals surface area contributed by atoms with Gasteiger partial charge in [0.2, 0.25) is 0 Å². The largest absolute Gasteiger partial charge is 0.573 e. The number of alkyl halides is 3. The van der Waals surface area contributed by atoms with Crippen LogP contribution < -0.4 is 9.46 Å². The molecule has 0 aliphatic carbocycles. The fourth-order valence-corrected chi connectivity index (χ4v) is 3.33. The number of aryl methyl sites for hydroxylation is 1. The molecule has 0 saturated carbocycles. The number of halogens is 3. The smallest absolute Gasteiger partial charge is 0.404 e. The second-order valence-corrected chi connectivity index (χ2v) is 6.64. The molecule has 0 amide bonds. The van der Waals surface area contributed by atoms with Crippen LogP contribution in [0.4, 0.5) is 19.0 Å². The SMILES string of the molecule is Cc1cc2nccc(NS(=O)(=O)c3ccccc3OC(F)(F)F)n2n1. The van der Waals surface area contributed by atoms with Gasteiger partial charge in [-0.2, -0.15) is 9.61 Å². The highest BCUT2D eigenvalue weighted by atomic mass is 32.2. The lowest BCUT2D eigenvalue weighted by molar-refractivity contribution is -0.275. The number of aromatic nitrogens is 3. The van der Waals surface area contributed by atoms with Gasteiger partial charge in [0.05, 0.1) is 5.69 Å². The number of ether oxygens (including phenoxy) is 1. The molecule has 0 atom stereocenters. The van der Waals surface area contributed by atoms with Crippen LogP contribution in [-0.2, 0) is 10.0 Å². The maximum atomic E-state index is 12.5. The molecule has 0 unspecified atom stereocenters. The first kappa shape index (κ1) is 17.0. The molecule has 7 nitrogen and oxygen atoms in total. The van der Waals surface area contributed by atoms with Crippen molar-refractivity contribution in [2.24, 2.45) is 0 Å². The maximum absolute atomic E-state index is 12.5. The minimum Gasteiger partial charge on any atom is -0.404 e. The predicted molar refractivity (Wildman–Crippen MR) is 81.7 cm³/mol. The number of fused-ring (bicyclic) bond motifs is 1. The summed E-state index contributed by atoms with van der Waals surface area (Å²) < 4.78 is 69.8. The summed E-state index contributed by atoms with van der Waals surface area (Å²) in [5.41, 5.74) is 0.984. The van der Waals surface area contributed by atoms with Gasteiger partial charge >= 0.3 is 6.36 Å². The molecule has 0 bridgehead atoms. The lowest BCUT2D eigenvalue weighted by Crippen LogP contribution is -2.21. The average Bonchev–Trinajstić information content (AvgIpc) is 2.87. The first-order valence-electron chi connectivity index (χ1n) is 6.85. The molecule has 1 N–H and O–H groups in total. The Labute approximate surface area is 140 Å². The Kier molecular flexibility index (Phi) is 4.03. The quantitative estimate of drug-likeness (QED) is 0.761. The van der Waals surface area contributed by atoms with Crippen molar-refractivity contribution in [1.82, 2.24) is 14.6 Å². The first-order valence-corrected chi connectivity index (χ1v) is 8.33. The number of benzene rings is 1. The monoisotopic (exact) mass is 372 g/mol. The number of rotatable bonds is 4. The van der Waals surface area contributed by atoms with Crippen molar-refractivity contribution in [2.45, 2.75) is 18.2 Å². The number of hydrogen-bond acceptors (Lipinski definition) is 5. The Morgan fingerprint density at radius 2 is 1.92 bits per heavy atom. The molecule has 3 aromatic rings. The molecule has 0 spiro atoms. The molecule has 0 aliphatic rings. The molecule has 2 aromatic heterocycles. The van der Waals surface area contributed by atoms with Crippen LogP contribution in [0.15, 0.2) is 47.5 Å². The molecular weight excluding hydrogens is 361 g/mol. The van der Waals surface area contributed by atoms with Crippen molar-refractivity contribution in [1.29, 1.82) is 0 Å². The average molecular weight is 372 g/mol. The number of hydrogen-bond donors (Lipinski definition) is 1. The van der Waals surface area contributed by atoms with Crippen molar-refractivity contribution in [3.63, 3.8) is 0 Å². The fraction of sp³-hybridized carbons (Fsp3) is 0.143. The molecule has 0 fully saturated rings. The molecule has 25 heavy (non-hydrogen) atoms. The van der Waals surface area contributed by atoms with E-state index in [1.54, 1.807) is 13.0 Å². The van der Waals surface area contributed by atoms with Crippen molar-refractivity contribution in [3.05, 3.63) is 48.3 Å². The number of anilines is 1. The van der Waals surface area contributed by atoms with Gasteiger partial charge in [0.1, 0.15) is 16.5 Å². The van der Waals surface area contributed by atoms with E-state index in [0.717, 1.165) is 12.1 Å². The number of para-hydroxylation sites is 1. The van der Waals surface area contributed by atoms with Gasteiger partial charge in [-0.25, -0.2) is 13.4 Å².